The highest BCUT2D eigenvalue weighted by Crippen LogP contribution is 2.47. The first-order chi connectivity index (χ1) is 71.8. The number of benzene rings is 3. The molecule has 11 aromatic rings. The summed E-state index contributed by atoms with van der Waals surface area (Å²) in [5.74, 6) is 6.54. The highest BCUT2D eigenvalue weighted by atomic mass is 35.5. The normalized spacial score (nSPS) is 20.8. The third kappa shape index (κ3) is 28.6. The van der Waals surface area contributed by atoms with Gasteiger partial charge in [0, 0.05) is 120 Å². The fraction of sp³-hybridized carbons (Fsp3) is 0.455. The number of halogens is 5. The lowest BCUT2D eigenvalue weighted by Crippen LogP contribution is -2.32. The number of nitrogens with two attached hydrogens (primary N) is 1. The van der Waals surface area contributed by atoms with Crippen LogP contribution in [0, 0.1) is 20.2 Å². The predicted octanol–water partition coefficient (Wildman–Crippen LogP) is 19.2. The molecule has 18 heterocycles. The van der Waals surface area contributed by atoms with Gasteiger partial charge in [-0.2, -0.15) is 39.9 Å². The van der Waals surface area contributed by atoms with Gasteiger partial charge in [-0.1, -0.05) is 82.8 Å². The minimum Gasteiger partial charge on any atom is -0.479 e. The fourth-order valence-electron chi connectivity index (χ4n) is 19.6. The number of ether oxygens (including phenoxy) is 10. The molecule has 8 aromatic heterocycles. The number of nitrogens with one attached hydrogen (secondary N) is 6. The maximum absolute atomic E-state index is 12.7. The van der Waals surface area contributed by atoms with Crippen molar-refractivity contribution in [2.75, 3.05) is 226 Å². The molecule has 49 heteroatoms. The van der Waals surface area contributed by atoms with Crippen LogP contribution in [0.15, 0.2) is 152 Å². The summed E-state index contributed by atoms with van der Waals surface area (Å²) in [5.41, 5.74) is 9.64. The largest absolute Gasteiger partial charge is 0.479 e. The molecule has 0 bridgehead atoms. The average Bonchev–Trinajstić information content (AvgIpc) is 1.64. The van der Waals surface area contributed by atoms with Crippen molar-refractivity contribution in [1.82, 2.24) is 60.1 Å². The number of nitrogen functional groups attached to an aromatic ring is 1. The minimum atomic E-state index is -2.51. The highest BCUT2D eigenvalue weighted by molar-refractivity contribution is 7.71. The zero-order chi connectivity index (χ0) is 107. The van der Waals surface area contributed by atoms with E-state index in [9.17, 15) is 33.9 Å². The van der Waals surface area contributed by atoms with E-state index in [-0.39, 0.29) is 61.6 Å². The van der Waals surface area contributed by atoms with Crippen LogP contribution in [0.3, 0.4) is 0 Å². The number of hydrogen-bond donors (Lipinski definition) is 7. The van der Waals surface area contributed by atoms with E-state index in [0.717, 1.165) is 202 Å². The van der Waals surface area contributed by atoms with Gasteiger partial charge in [0.15, 0.2) is 17.5 Å². The van der Waals surface area contributed by atoms with Gasteiger partial charge < -0.3 is 118 Å². The lowest BCUT2D eigenvalue weighted by Gasteiger charge is -2.24. The lowest BCUT2D eigenvalue weighted by molar-refractivity contribution is -0.386. The minimum absolute atomic E-state index is 0.0334. The third-order valence-corrected chi connectivity index (χ3v) is 33.0. The fourth-order valence-corrected chi connectivity index (χ4v) is 23.8. The molecule has 0 amide bonds. The molecule has 5 atom stereocenters. The van der Waals surface area contributed by atoms with Crippen LogP contribution in [0.4, 0.5) is 98.1 Å². The Hall–Kier alpha value is -11.7. The van der Waals surface area contributed by atoms with Gasteiger partial charge in [0.1, 0.15) is 76.3 Å². The van der Waals surface area contributed by atoms with Crippen LogP contribution in [0.5, 0.6) is 29.4 Å². The van der Waals surface area contributed by atoms with Crippen molar-refractivity contribution in [3.63, 3.8) is 0 Å². The van der Waals surface area contributed by atoms with E-state index in [1.165, 1.54) is 76.7 Å². The molecule has 0 saturated carbocycles. The summed E-state index contributed by atoms with van der Waals surface area (Å²) in [5, 5.41) is 43.8. The number of rotatable bonds is 24. The molecule has 3 aromatic carbocycles. The molecule has 802 valence electrons. The van der Waals surface area contributed by atoms with Gasteiger partial charge in [-0.3, -0.25) is 20.2 Å². The van der Waals surface area contributed by atoms with Crippen molar-refractivity contribution >= 4 is 193 Å². The number of nitro groups is 2. The molecule has 10 aliphatic heterocycles. The Morgan fingerprint density at radius 2 is 0.687 bits per heavy atom. The zero-order valence-corrected chi connectivity index (χ0v) is 92.0. The van der Waals surface area contributed by atoms with Gasteiger partial charge in [0.05, 0.1) is 115 Å². The van der Waals surface area contributed by atoms with Gasteiger partial charge in [0.25, 0.3) is 11.8 Å². The second-order valence-electron chi connectivity index (χ2n) is 38.7. The molecule has 0 radical (unpaired) electrons. The summed E-state index contributed by atoms with van der Waals surface area (Å²) in [4.78, 5) is 76.3. The Labute approximate surface area is 896 Å². The molecule has 10 aliphatic rings. The zero-order valence-electron chi connectivity index (χ0n) is 85.5. The Morgan fingerprint density at radius 3 is 1.03 bits per heavy atom. The number of hydrogen-bond acceptors (Lipinski definition) is 39. The van der Waals surface area contributed by atoms with Crippen molar-refractivity contribution in [1.29, 1.82) is 0 Å². The summed E-state index contributed by atoms with van der Waals surface area (Å²) >= 11 is 30.0. The van der Waals surface area contributed by atoms with E-state index in [1.54, 1.807) is 67.4 Å². The Morgan fingerprint density at radius 1 is 0.367 bits per heavy atom. The van der Waals surface area contributed by atoms with Crippen molar-refractivity contribution < 1.29 is 70.9 Å². The topological polar surface area (TPSA) is 483 Å². The van der Waals surface area contributed by atoms with Crippen LogP contribution >= 0.6 is 79.4 Å². The van der Waals surface area contributed by atoms with E-state index >= 15 is 0 Å². The molecular formula is C101H126Cl5N24O17P3. The molecule has 5 spiro atoms. The number of anilines is 15. The van der Waals surface area contributed by atoms with Crippen molar-refractivity contribution in [3.8, 4) is 29.4 Å². The number of nitrogens with zero attached hydrogens (tertiary/aromatic N) is 17. The molecule has 10 saturated heterocycles. The molecule has 8 N–H and O–H groups in total. The highest BCUT2D eigenvalue weighted by Gasteiger charge is 2.47. The van der Waals surface area contributed by atoms with Crippen molar-refractivity contribution in [2.24, 2.45) is 0 Å². The van der Waals surface area contributed by atoms with E-state index in [0.29, 0.717) is 102 Å². The monoisotopic (exact) mass is 2210 g/mol. The molecular weight excluding hydrogens is 2090 g/mol. The molecule has 5 unspecified atom stereocenters. The summed E-state index contributed by atoms with van der Waals surface area (Å²) in [6.45, 7) is 24.0. The number of methoxy groups -OCH3 is 5. The number of para-hydroxylation sites is 3. The summed E-state index contributed by atoms with van der Waals surface area (Å²) in [7, 11) is 0.0348. The molecule has 21 rings (SSSR count). The van der Waals surface area contributed by atoms with Crippen LogP contribution in [0.1, 0.15) is 96.3 Å². The smallest absolute Gasteiger partial charge is 0.331 e. The van der Waals surface area contributed by atoms with Gasteiger partial charge in [-0.15, -0.1) is 0 Å². The Balaban J connectivity index is 0.000000137. The number of aromatic nitrogens is 11. The van der Waals surface area contributed by atoms with Gasteiger partial charge in [-0.05, 0) is 239 Å². The maximum Gasteiger partial charge on any atom is 0.331 e. The predicted molar refractivity (Wildman–Crippen MR) is 590 cm³/mol. The number of pyridine rings is 5. The summed E-state index contributed by atoms with van der Waals surface area (Å²) < 4.78 is 93.2. The third-order valence-electron chi connectivity index (χ3n) is 27.2. The van der Waals surface area contributed by atoms with Gasteiger partial charge in [0.2, 0.25) is 34.8 Å². The first-order valence-electron chi connectivity index (χ1n) is 49.2. The Kier molecular flexibility index (Phi) is 37.4. The maximum atomic E-state index is 12.7. The van der Waals surface area contributed by atoms with Crippen LogP contribution in [0.25, 0.3) is 0 Å². The van der Waals surface area contributed by atoms with Crippen LogP contribution in [-0.2, 0) is 37.4 Å². The SMILES string of the molecule is C1COC2(C1)CCNC2.COc1nc(Cl)ccc1[N+](=O)[O-].COc1nc(N2CCC3(CCCO3)C2)ccc1N.COc1nc(N2CCC3(CCCO3)C2)ccc1Nc1ncc(Cl)c(Nc2ccccc2P(C)(C)=O)n1.COc1nc(N2CCC3(CCCO3)C2)ccc1Nc1ncc(Cl)c(Nc2ccccc2P(C)(C)=O)n1.COc1nc(N2CCC3(CCCO3)C2)ccc1[N+](=O)[O-].CP(C)(=O)c1ccccc1Nc1nc(Cl)ncc1Cl. The van der Waals surface area contributed by atoms with Crippen molar-refractivity contribution in [2.45, 2.75) is 124 Å². The van der Waals surface area contributed by atoms with E-state index in [2.05, 4.69) is 101 Å². The standard InChI is InChI=1S/2C25H30ClN6O3P.C13H17N3O4.C13H19N3O2.C12H12Cl2N3OP.C7H13NO.C6H5ClN2O3/c2*1-34-23-19(9-10-21(30-23)32-13-12-25(16-32)11-6-14-35-25)29-24-27-15-17(26)22(31-24)28-18-7-4-5-8-20(18)36(2,3)33;1-19-12-10(16(17)18)3-4-11(14-12)15-7-6-13(9-15)5-2-8-20-13;1-17-12-10(14)3-4-11(15-12)16-7-6-13(9-16)5-2-8-18-13;1-19(2,18)10-6-4-3-5-9(10)16-11-8(13)7-15-12(14)17-11;1-2-7(9-5-1)3-4-8-6-7;1-12-6-4(9(10)11)2-3-5(7)8-6/h2*4-5,7-10,15H,6,11-14,16H2,1-3H3,(H2,27,28,29,31);3-4H,2,5-9H2,1H3;3-4H,2,5-9,14H2,1H3;3-7H,1-2H3,(H,15,16,17);8H,1-6H2;2-3H,1H3. The second kappa shape index (κ2) is 49.8. The molecule has 41 nitrogen and oxygen atoms in total. The Bertz CT molecular complexity index is 6500. The van der Waals surface area contributed by atoms with Crippen molar-refractivity contribution in [3.05, 3.63) is 198 Å². The molecule has 0 aliphatic carbocycles. The second-order valence-corrected chi connectivity index (χ2v) is 50.2. The van der Waals surface area contributed by atoms with Gasteiger partial charge >= 0.3 is 11.4 Å². The quantitative estimate of drug-likeness (QED) is 0.00971. The summed E-state index contributed by atoms with van der Waals surface area (Å²) in [6.07, 6.45) is 21.3. The van der Waals surface area contributed by atoms with Crippen LogP contribution < -0.4 is 96.8 Å². The molecule has 150 heavy (non-hydrogen) atoms. The lowest BCUT2D eigenvalue weighted by atomic mass is 10.00. The van der Waals surface area contributed by atoms with Crippen LogP contribution in [-0.4, -0.2) is 267 Å². The average molecular weight is 2220 g/mol. The first kappa shape index (κ1) is 112. The van der Waals surface area contributed by atoms with E-state index < -0.39 is 31.3 Å². The molecule has 10 fully saturated rings. The van der Waals surface area contributed by atoms with E-state index in [1.807, 2.05) is 109 Å². The van der Waals surface area contributed by atoms with E-state index in [4.69, 9.17) is 116 Å². The van der Waals surface area contributed by atoms with Crippen LogP contribution in [0.2, 0.25) is 25.5 Å². The summed E-state index contributed by atoms with van der Waals surface area (Å²) in [6, 6.07) is 39.4. The first-order valence-corrected chi connectivity index (χ1v) is 58.9. The van der Waals surface area contributed by atoms with Gasteiger partial charge in [-0.25, -0.2) is 15.0 Å².